The Morgan fingerprint density at radius 1 is 0.971 bits per heavy atom. The van der Waals surface area contributed by atoms with E-state index in [-0.39, 0.29) is 17.6 Å². The summed E-state index contributed by atoms with van der Waals surface area (Å²) in [5.74, 6) is 2.27. The molecule has 1 aliphatic heterocycles. The molecule has 2 aromatic rings. The number of ketones is 1. The molecule has 7 nitrogen and oxygen atoms in total. The molecule has 7 heteroatoms. The van der Waals surface area contributed by atoms with Crippen LogP contribution in [0.4, 0.5) is 5.69 Å². The number of benzene rings is 2. The zero-order valence-electron chi connectivity index (χ0n) is 21.6. The zero-order chi connectivity index (χ0) is 25.4. The van der Waals surface area contributed by atoms with E-state index in [1.807, 2.05) is 12.1 Å². The normalized spacial score (nSPS) is 14.6. The number of amides is 1. The number of methoxy groups -OCH3 is 3. The Hall–Kier alpha value is -3.06. The second kappa shape index (κ2) is 12.6. The van der Waals surface area contributed by atoms with Gasteiger partial charge in [0.25, 0.3) is 0 Å². The van der Waals surface area contributed by atoms with Gasteiger partial charge in [-0.3, -0.25) is 9.59 Å². The number of hydrogen-bond donors (Lipinski definition) is 1. The highest BCUT2D eigenvalue weighted by atomic mass is 16.5. The van der Waals surface area contributed by atoms with E-state index in [4.69, 9.17) is 14.2 Å². The van der Waals surface area contributed by atoms with Crippen LogP contribution < -0.4 is 19.5 Å². The maximum absolute atomic E-state index is 12.9. The average Bonchev–Trinajstić information content (AvgIpc) is 2.86. The predicted molar refractivity (Wildman–Crippen MR) is 138 cm³/mol. The first-order valence-electron chi connectivity index (χ1n) is 12.3. The molecule has 1 fully saturated rings. The fraction of sp³-hybridized carbons (Fsp3) is 0.500. The van der Waals surface area contributed by atoms with Crippen LogP contribution in [0.15, 0.2) is 36.4 Å². The second-order valence-electron chi connectivity index (χ2n) is 9.49. The van der Waals surface area contributed by atoms with Gasteiger partial charge in [-0.25, -0.2) is 0 Å². The van der Waals surface area contributed by atoms with Crippen LogP contribution in [0.5, 0.6) is 17.2 Å². The third-order valence-electron chi connectivity index (χ3n) is 6.44. The lowest BCUT2D eigenvalue weighted by Gasteiger charge is -2.31. The molecule has 0 unspecified atom stereocenters. The quantitative estimate of drug-likeness (QED) is 0.462. The van der Waals surface area contributed by atoms with Crippen LogP contribution in [-0.4, -0.2) is 57.6 Å². The number of rotatable bonds is 11. The van der Waals surface area contributed by atoms with Crippen LogP contribution >= 0.6 is 0 Å². The monoisotopic (exact) mass is 482 g/mol. The molecule has 2 aromatic carbocycles. The highest BCUT2D eigenvalue weighted by Gasteiger charge is 2.26. The van der Waals surface area contributed by atoms with E-state index >= 15 is 0 Å². The van der Waals surface area contributed by atoms with Gasteiger partial charge in [0.15, 0.2) is 17.3 Å². The van der Waals surface area contributed by atoms with Crippen molar-refractivity contribution in [2.45, 2.75) is 39.5 Å². The summed E-state index contributed by atoms with van der Waals surface area (Å²) in [7, 11) is 4.62. The summed E-state index contributed by atoms with van der Waals surface area (Å²) >= 11 is 0. The lowest BCUT2D eigenvalue weighted by Crippen LogP contribution is -2.38. The number of carbonyl (C=O) groups excluding carboxylic acids is 2. The molecule has 0 radical (unpaired) electrons. The number of ether oxygens (including phenoxy) is 3. The highest BCUT2D eigenvalue weighted by molar-refractivity contribution is 5.98. The summed E-state index contributed by atoms with van der Waals surface area (Å²) in [6.45, 7) is 6.69. The fourth-order valence-corrected chi connectivity index (χ4v) is 4.57. The predicted octanol–water partition coefficient (Wildman–Crippen LogP) is 4.83. The van der Waals surface area contributed by atoms with Crippen molar-refractivity contribution in [3.63, 3.8) is 0 Å². The standard InChI is InChI=1S/C28H38N2O5/c1-19(2)16-20-6-8-21(9-7-20)27(32)22-10-13-30(14-11-22)15-12-26(31)29-23-17-24(33-3)28(35-5)25(18-23)34-4/h6-9,17-19,22H,10-16H2,1-5H3,(H,29,31). The van der Waals surface area contributed by atoms with Gasteiger partial charge in [0.2, 0.25) is 11.7 Å². The van der Waals surface area contributed by atoms with E-state index in [1.54, 1.807) is 33.5 Å². The van der Waals surface area contributed by atoms with Crippen molar-refractivity contribution < 1.29 is 23.8 Å². The molecule has 0 aromatic heterocycles. The van der Waals surface area contributed by atoms with E-state index in [0.29, 0.717) is 41.8 Å². The Morgan fingerprint density at radius 3 is 2.09 bits per heavy atom. The summed E-state index contributed by atoms with van der Waals surface area (Å²) in [4.78, 5) is 27.8. The first kappa shape index (κ1) is 26.5. The Balaban J connectivity index is 1.46. The highest BCUT2D eigenvalue weighted by Crippen LogP contribution is 2.40. The van der Waals surface area contributed by atoms with Crippen LogP contribution in [0.25, 0.3) is 0 Å². The van der Waals surface area contributed by atoms with Gasteiger partial charge in [-0.1, -0.05) is 38.1 Å². The molecular weight excluding hydrogens is 444 g/mol. The van der Waals surface area contributed by atoms with Gasteiger partial charge in [0.05, 0.1) is 21.3 Å². The number of nitrogens with zero attached hydrogens (tertiary/aromatic N) is 1. The molecule has 1 saturated heterocycles. The van der Waals surface area contributed by atoms with E-state index < -0.39 is 0 Å². The van der Waals surface area contributed by atoms with Crippen LogP contribution in [0, 0.1) is 11.8 Å². The topological polar surface area (TPSA) is 77.1 Å². The van der Waals surface area contributed by atoms with Crippen molar-refractivity contribution in [1.29, 1.82) is 0 Å². The molecule has 0 bridgehead atoms. The van der Waals surface area contributed by atoms with Crippen LogP contribution in [-0.2, 0) is 11.2 Å². The average molecular weight is 483 g/mol. The smallest absolute Gasteiger partial charge is 0.225 e. The van der Waals surface area contributed by atoms with Gasteiger partial charge in [-0.2, -0.15) is 0 Å². The van der Waals surface area contributed by atoms with Crippen molar-refractivity contribution in [2.75, 3.05) is 46.3 Å². The number of anilines is 1. The minimum absolute atomic E-state index is 0.0512. The molecule has 0 aliphatic carbocycles. The van der Waals surface area contributed by atoms with Crippen LogP contribution in [0.2, 0.25) is 0 Å². The number of nitrogens with one attached hydrogen (secondary N) is 1. The van der Waals surface area contributed by atoms with Crippen LogP contribution in [0.1, 0.15) is 49.0 Å². The largest absolute Gasteiger partial charge is 0.493 e. The van der Waals surface area contributed by atoms with Gasteiger partial charge in [0.1, 0.15) is 0 Å². The Morgan fingerprint density at radius 2 is 1.57 bits per heavy atom. The van der Waals surface area contributed by atoms with E-state index in [0.717, 1.165) is 37.9 Å². The molecule has 1 aliphatic rings. The second-order valence-corrected chi connectivity index (χ2v) is 9.49. The Kier molecular flexibility index (Phi) is 9.55. The van der Waals surface area contributed by atoms with Gasteiger partial charge in [-0.05, 0) is 43.8 Å². The number of piperidine rings is 1. The molecule has 0 spiro atoms. The lowest BCUT2D eigenvalue weighted by atomic mass is 9.88. The molecule has 1 N–H and O–H groups in total. The molecular formula is C28H38N2O5. The van der Waals surface area contributed by atoms with Crippen LogP contribution in [0.3, 0.4) is 0 Å². The van der Waals surface area contributed by atoms with Crippen molar-refractivity contribution in [1.82, 2.24) is 4.90 Å². The molecule has 1 amide bonds. The molecule has 1 heterocycles. The van der Waals surface area contributed by atoms with E-state index in [1.165, 1.54) is 5.56 Å². The molecule has 3 rings (SSSR count). The minimum Gasteiger partial charge on any atom is -0.493 e. The van der Waals surface area contributed by atoms with Crippen molar-refractivity contribution in [3.8, 4) is 17.2 Å². The van der Waals surface area contributed by atoms with Crippen molar-refractivity contribution in [3.05, 3.63) is 47.5 Å². The lowest BCUT2D eigenvalue weighted by molar-refractivity contribution is -0.116. The van der Waals surface area contributed by atoms with Crippen molar-refractivity contribution >= 4 is 17.4 Å². The molecule has 0 saturated carbocycles. The Bertz CT molecular complexity index is 970. The summed E-state index contributed by atoms with van der Waals surface area (Å²) < 4.78 is 16.0. The van der Waals surface area contributed by atoms with E-state index in [2.05, 4.69) is 36.2 Å². The first-order chi connectivity index (χ1) is 16.8. The maximum atomic E-state index is 12.9. The fourth-order valence-electron chi connectivity index (χ4n) is 4.57. The number of carbonyl (C=O) groups is 2. The van der Waals surface area contributed by atoms with Gasteiger partial charge in [0, 0.05) is 42.3 Å². The summed E-state index contributed by atoms with van der Waals surface area (Å²) in [6.07, 6.45) is 3.04. The van der Waals surface area contributed by atoms with Gasteiger partial charge < -0.3 is 24.4 Å². The number of likely N-dealkylation sites (tertiary alicyclic amines) is 1. The minimum atomic E-state index is -0.0843. The molecule has 0 atom stereocenters. The summed E-state index contributed by atoms with van der Waals surface area (Å²) in [5.41, 5.74) is 2.67. The maximum Gasteiger partial charge on any atom is 0.225 e. The number of hydrogen-bond acceptors (Lipinski definition) is 6. The van der Waals surface area contributed by atoms with Crippen molar-refractivity contribution in [2.24, 2.45) is 11.8 Å². The first-order valence-corrected chi connectivity index (χ1v) is 12.3. The van der Waals surface area contributed by atoms with Gasteiger partial charge in [-0.15, -0.1) is 0 Å². The van der Waals surface area contributed by atoms with E-state index in [9.17, 15) is 9.59 Å². The summed E-state index contributed by atoms with van der Waals surface area (Å²) in [5, 5.41) is 2.91. The molecule has 35 heavy (non-hydrogen) atoms. The third-order valence-corrected chi connectivity index (χ3v) is 6.44. The molecule has 190 valence electrons. The zero-order valence-corrected chi connectivity index (χ0v) is 21.6. The Labute approximate surface area is 208 Å². The third kappa shape index (κ3) is 7.21. The summed E-state index contributed by atoms with van der Waals surface area (Å²) in [6, 6.07) is 11.5. The SMILES string of the molecule is COc1cc(NC(=O)CCN2CCC(C(=O)c3ccc(CC(C)C)cc3)CC2)cc(OC)c1OC. The number of Topliss-reactive ketones (excluding diaryl/α,β-unsaturated/α-hetero) is 1. The van der Waals surface area contributed by atoms with Gasteiger partial charge >= 0.3 is 0 Å².